The highest BCUT2D eigenvalue weighted by molar-refractivity contribution is 5.70. The molecule has 0 atom stereocenters. The van der Waals surface area contributed by atoms with Gasteiger partial charge in [0.05, 0.1) is 18.0 Å². The maximum absolute atomic E-state index is 13.6. The van der Waals surface area contributed by atoms with Crippen molar-refractivity contribution in [3.63, 3.8) is 0 Å². The van der Waals surface area contributed by atoms with Crippen molar-refractivity contribution >= 4 is 11.4 Å². The minimum absolute atomic E-state index is 0.275. The van der Waals surface area contributed by atoms with Gasteiger partial charge in [-0.25, -0.2) is 4.39 Å². The second kappa shape index (κ2) is 7.09. The summed E-state index contributed by atoms with van der Waals surface area (Å²) in [4.78, 5) is 2.15. The molecule has 3 nitrogen and oxygen atoms in total. The summed E-state index contributed by atoms with van der Waals surface area (Å²) in [6.45, 7) is 8.27. The number of unbranched alkanes of at least 4 members (excludes halogenated alkanes) is 1. The van der Waals surface area contributed by atoms with Crippen molar-refractivity contribution < 1.29 is 9.13 Å². The summed E-state index contributed by atoms with van der Waals surface area (Å²) in [5.41, 5.74) is 7.22. The van der Waals surface area contributed by atoms with Crippen LogP contribution < -0.4 is 15.4 Å². The molecule has 0 heterocycles. The average molecular weight is 254 g/mol. The molecule has 0 spiro atoms. The minimum Gasteiger partial charge on any atom is -0.491 e. The van der Waals surface area contributed by atoms with E-state index in [1.165, 1.54) is 6.07 Å². The fraction of sp³-hybridized carbons (Fsp3) is 0.571. The van der Waals surface area contributed by atoms with Crippen molar-refractivity contribution in [2.24, 2.45) is 0 Å². The van der Waals surface area contributed by atoms with Crippen molar-refractivity contribution in [2.45, 2.75) is 33.6 Å². The van der Waals surface area contributed by atoms with Gasteiger partial charge < -0.3 is 15.4 Å². The monoisotopic (exact) mass is 254 g/mol. The van der Waals surface area contributed by atoms with Gasteiger partial charge in [-0.3, -0.25) is 0 Å². The Hall–Kier alpha value is -1.45. The number of nitrogens with two attached hydrogens (primary N) is 1. The molecule has 0 saturated carbocycles. The summed E-state index contributed by atoms with van der Waals surface area (Å²) in [5.74, 6) is -0.124. The number of hydrogen-bond donors (Lipinski definition) is 1. The second-order valence-corrected chi connectivity index (χ2v) is 4.21. The molecule has 0 bridgehead atoms. The zero-order valence-electron chi connectivity index (χ0n) is 11.5. The Morgan fingerprint density at radius 2 is 2.00 bits per heavy atom. The van der Waals surface area contributed by atoms with Crippen LogP contribution in [0.4, 0.5) is 15.8 Å². The highest BCUT2D eigenvalue weighted by atomic mass is 19.1. The van der Waals surface area contributed by atoms with Gasteiger partial charge in [-0.2, -0.15) is 0 Å². The Bertz CT molecular complexity index is 382. The molecule has 0 fully saturated rings. The third kappa shape index (κ3) is 3.52. The molecule has 0 unspecified atom stereocenters. The van der Waals surface area contributed by atoms with E-state index in [1.54, 1.807) is 6.07 Å². The summed E-state index contributed by atoms with van der Waals surface area (Å²) in [5, 5.41) is 0. The number of benzene rings is 1. The Morgan fingerprint density at radius 3 is 2.56 bits per heavy atom. The maximum Gasteiger partial charge on any atom is 0.167 e. The molecule has 0 aliphatic carbocycles. The van der Waals surface area contributed by atoms with E-state index < -0.39 is 5.82 Å². The average Bonchev–Trinajstić information content (AvgIpc) is 2.35. The predicted molar refractivity (Wildman–Crippen MR) is 74.8 cm³/mol. The van der Waals surface area contributed by atoms with E-state index in [0.29, 0.717) is 12.3 Å². The zero-order chi connectivity index (χ0) is 13.5. The molecule has 1 aromatic carbocycles. The molecule has 0 aliphatic rings. The summed E-state index contributed by atoms with van der Waals surface area (Å²) < 4.78 is 18.9. The third-order valence-corrected chi connectivity index (χ3v) is 2.89. The molecular weight excluding hydrogens is 231 g/mol. The van der Waals surface area contributed by atoms with E-state index in [-0.39, 0.29) is 5.75 Å². The molecule has 4 heteroatoms. The topological polar surface area (TPSA) is 38.5 Å². The van der Waals surface area contributed by atoms with Crippen LogP contribution in [0, 0.1) is 5.82 Å². The van der Waals surface area contributed by atoms with Crippen LogP contribution in [0.3, 0.4) is 0 Å². The highest BCUT2D eigenvalue weighted by Gasteiger charge is 2.13. The lowest BCUT2D eigenvalue weighted by atomic mass is 10.2. The van der Waals surface area contributed by atoms with Crippen LogP contribution in [-0.2, 0) is 0 Å². The van der Waals surface area contributed by atoms with Gasteiger partial charge in [-0.05, 0) is 20.3 Å². The van der Waals surface area contributed by atoms with Crippen molar-refractivity contribution in [3.8, 4) is 5.75 Å². The summed E-state index contributed by atoms with van der Waals surface area (Å²) in [7, 11) is 0. The first-order chi connectivity index (χ1) is 8.63. The Kier molecular flexibility index (Phi) is 5.75. The Morgan fingerprint density at radius 1 is 1.28 bits per heavy atom. The fourth-order valence-corrected chi connectivity index (χ4v) is 1.90. The van der Waals surface area contributed by atoms with Crippen LogP contribution in [0.15, 0.2) is 12.1 Å². The van der Waals surface area contributed by atoms with Crippen molar-refractivity contribution in [1.82, 2.24) is 0 Å². The summed E-state index contributed by atoms with van der Waals surface area (Å²) in [6.07, 6.45) is 2.21. The molecule has 2 N–H and O–H groups in total. The molecule has 102 valence electrons. The van der Waals surface area contributed by atoms with Crippen LogP contribution in [0.5, 0.6) is 5.75 Å². The van der Waals surface area contributed by atoms with Crippen LogP contribution in [0.25, 0.3) is 0 Å². The van der Waals surface area contributed by atoms with E-state index in [9.17, 15) is 4.39 Å². The Balaban J connectivity index is 3.01. The van der Waals surface area contributed by atoms with E-state index >= 15 is 0 Å². The molecule has 0 amide bonds. The van der Waals surface area contributed by atoms with E-state index in [1.807, 2.05) is 6.92 Å². The van der Waals surface area contributed by atoms with E-state index in [0.717, 1.165) is 31.6 Å². The van der Waals surface area contributed by atoms with Crippen LogP contribution in [0.2, 0.25) is 0 Å². The van der Waals surface area contributed by atoms with Gasteiger partial charge in [0.15, 0.2) is 11.6 Å². The van der Waals surface area contributed by atoms with E-state index in [2.05, 4.69) is 18.7 Å². The van der Waals surface area contributed by atoms with Crippen LogP contribution in [-0.4, -0.2) is 19.7 Å². The van der Waals surface area contributed by atoms with Gasteiger partial charge in [0.1, 0.15) is 0 Å². The highest BCUT2D eigenvalue weighted by Crippen LogP contribution is 2.31. The number of ether oxygens (including phenoxy) is 1. The van der Waals surface area contributed by atoms with Gasteiger partial charge in [0, 0.05) is 25.2 Å². The largest absolute Gasteiger partial charge is 0.491 e. The van der Waals surface area contributed by atoms with Gasteiger partial charge in [-0.15, -0.1) is 0 Å². The standard InChI is InChI=1S/C14H23FN2O/c1-4-7-8-17(5-2)13-10-14(18-6-3)11(15)9-12(13)16/h9-10H,4-8,16H2,1-3H3. The first kappa shape index (κ1) is 14.6. The number of anilines is 2. The van der Waals surface area contributed by atoms with Gasteiger partial charge in [0.2, 0.25) is 0 Å². The third-order valence-electron chi connectivity index (χ3n) is 2.89. The molecule has 1 rings (SSSR count). The molecular formula is C14H23FN2O. The molecule has 0 aromatic heterocycles. The summed E-state index contributed by atoms with van der Waals surface area (Å²) >= 11 is 0. The number of halogens is 1. The minimum atomic E-state index is -0.398. The lowest BCUT2D eigenvalue weighted by Crippen LogP contribution is -2.25. The maximum atomic E-state index is 13.6. The molecule has 18 heavy (non-hydrogen) atoms. The smallest absolute Gasteiger partial charge is 0.167 e. The van der Waals surface area contributed by atoms with Gasteiger partial charge in [-0.1, -0.05) is 13.3 Å². The summed E-state index contributed by atoms with van der Waals surface area (Å²) in [6, 6.07) is 3.04. The number of hydrogen-bond acceptors (Lipinski definition) is 3. The lowest BCUT2D eigenvalue weighted by Gasteiger charge is -2.25. The molecule has 0 saturated heterocycles. The molecule has 0 aliphatic heterocycles. The molecule has 0 radical (unpaired) electrons. The van der Waals surface area contributed by atoms with E-state index in [4.69, 9.17) is 10.5 Å². The van der Waals surface area contributed by atoms with Crippen LogP contribution >= 0.6 is 0 Å². The lowest BCUT2D eigenvalue weighted by molar-refractivity contribution is 0.321. The van der Waals surface area contributed by atoms with Crippen molar-refractivity contribution in [1.29, 1.82) is 0 Å². The van der Waals surface area contributed by atoms with Crippen molar-refractivity contribution in [2.75, 3.05) is 30.3 Å². The number of nitrogens with zero attached hydrogens (tertiary/aromatic N) is 1. The van der Waals surface area contributed by atoms with Crippen molar-refractivity contribution in [3.05, 3.63) is 17.9 Å². The van der Waals surface area contributed by atoms with Gasteiger partial charge >= 0.3 is 0 Å². The first-order valence-electron chi connectivity index (χ1n) is 6.60. The fourth-order valence-electron chi connectivity index (χ4n) is 1.90. The number of nitrogen functional groups attached to an aromatic ring is 1. The second-order valence-electron chi connectivity index (χ2n) is 4.21. The Labute approximate surface area is 109 Å². The first-order valence-corrected chi connectivity index (χ1v) is 6.60. The quantitative estimate of drug-likeness (QED) is 0.758. The van der Waals surface area contributed by atoms with Gasteiger partial charge in [0.25, 0.3) is 0 Å². The molecule has 1 aromatic rings. The normalized spacial score (nSPS) is 10.4. The zero-order valence-corrected chi connectivity index (χ0v) is 11.5. The predicted octanol–water partition coefficient (Wildman–Crippen LogP) is 3.43. The van der Waals surface area contributed by atoms with Crippen LogP contribution in [0.1, 0.15) is 33.6 Å². The SMILES string of the molecule is CCCCN(CC)c1cc(OCC)c(F)cc1N. The number of rotatable bonds is 7.